The predicted molar refractivity (Wildman–Crippen MR) is 80.6 cm³/mol. The Morgan fingerprint density at radius 2 is 1.82 bits per heavy atom. The van der Waals surface area contributed by atoms with Gasteiger partial charge in [0.05, 0.1) is 19.8 Å². The van der Waals surface area contributed by atoms with E-state index in [1.807, 2.05) is 6.92 Å². The molecule has 0 bridgehead atoms. The number of ether oxygens (including phenoxy) is 2. The van der Waals surface area contributed by atoms with Crippen molar-refractivity contribution in [1.29, 1.82) is 0 Å². The maximum atomic E-state index is 12.2. The Morgan fingerprint density at radius 1 is 1.14 bits per heavy atom. The van der Waals surface area contributed by atoms with Gasteiger partial charge in [-0.25, -0.2) is 9.59 Å². The lowest BCUT2D eigenvalue weighted by Crippen LogP contribution is -2.41. The summed E-state index contributed by atoms with van der Waals surface area (Å²) in [5.74, 6) is -1.44. The maximum absolute atomic E-state index is 12.2. The van der Waals surface area contributed by atoms with E-state index < -0.39 is 23.9 Å². The molecule has 0 aliphatic rings. The Balaban J connectivity index is 2.85. The molecule has 0 aliphatic heterocycles. The van der Waals surface area contributed by atoms with Gasteiger partial charge in [-0.1, -0.05) is 25.8 Å². The number of hydrogen-bond donors (Lipinski definition) is 1. The number of carbonyl (C=O) groups is 3. The summed E-state index contributed by atoms with van der Waals surface area (Å²) in [4.78, 5) is 35.4. The molecule has 1 rings (SSSR count). The van der Waals surface area contributed by atoms with E-state index in [9.17, 15) is 14.4 Å². The van der Waals surface area contributed by atoms with Gasteiger partial charge in [-0.05, 0) is 24.6 Å². The SMILES string of the molecule is CCCC[C@@H](NC(=O)c1cccc(C(=O)OC)c1)C(=O)OC. The van der Waals surface area contributed by atoms with Crippen molar-refractivity contribution in [1.82, 2.24) is 5.32 Å². The van der Waals surface area contributed by atoms with Crippen molar-refractivity contribution >= 4 is 17.8 Å². The van der Waals surface area contributed by atoms with Gasteiger partial charge in [0.2, 0.25) is 0 Å². The number of hydrogen-bond acceptors (Lipinski definition) is 5. The van der Waals surface area contributed by atoms with E-state index in [0.717, 1.165) is 12.8 Å². The van der Waals surface area contributed by atoms with Crippen LogP contribution in [0.1, 0.15) is 46.9 Å². The number of methoxy groups -OCH3 is 2. The molecule has 0 saturated heterocycles. The van der Waals surface area contributed by atoms with Crippen molar-refractivity contribution in [2.24, 2.45) is 0 Å². The van der Waals surface area contributed by atoms with E-state index in [1.165, 1.54) is 20.3 Å². The Bertz CT molecular complexity index is 541. The van der Waals surface area contributed by atoms with E-state index in [2.05, 4.69) is 10.1 Å². The average Bonchev–Trinajstić information content (AvgIpc) is 2.56. The summed E-state index contributed by atoms with van der Waals surface area (Å²) < 4.78 is 9.31. The van der Waals surface area contributed by atoms with Crippen molar-refractivity contribution in [3.05, 3.63) is 35.4 Å². The van der Waals surface area contributed by atoms with Crippen LogP contribution in [0.25, 0.3) is 0 Å². The van der Waals surface area contributed by atoms with Gasteiger partial charge < -0.3 is 14.8 Å². The third kappa shape index (κ3) is 4.87. The Morgan fingerprint density at radius 3 is 2.41 bits per heavy atom. The lowest BCUT2D eigenvalue weighted by molar-refractivity contribution is -0.143. The highest BCUT2D eigenvalue weighted by atomic mass is 16.5. The number of amides is 1. The van der Waals surface area contributed by atoms with Crippen LogP contribution in [0, 0.1) is 0 Å². The zero-order valence-electron chi connectivity index (χ0n) is 13.0. The summed E-state index contributed by atoms with van der Waals surface area (Å²) in [7, 11) is 2.55. The molecule has 1 amide bonds. The van der Waals surface area contributed by atoms with Gasteiger partial charge >= 0.3 is 11.9 Å². The zero-order chi connectivity index (χ0) is 16.5. The van der Waals surface area contributed by atoms with Crippen molar-refractivity contribution in [3.8, 4) is 0 Å². The molecule has 0 radical (unpaired) electrons. The summed E-state index contributed by atoms with van der Waals surface area (Å²) in [6.07, 6.45) is 2.20. The molecule has 6 heteroatoms. The second kappa shape index (κ2) is 8.81. The molecule has 1 N–H and O–H groups in total. The van der Waals surface area contributed by atoms with E-state index in [-0.39, 0.29) is 11.1 Å². The third-order valence-corrected chi connectivity index (χ3v) is 3.18. The topological polar surface area (TPSA) is 81.7 Å². The van der Waals surface area contributed by atoms with Crippen LogP contribution in [0.4, 0.5) is 0 Å². The molecule has 1 atom stereocenters. The molecular weight excluding hydrogens is 286 g/mol. The molecule has 1 aromatic carbocycles. The van der Waals surface area contributed by atoms with Gasteiger partial charge in [0.25, 0.3) is 5.91 Å². The van der Waals surface area contributed by atoms with Gasteiger partial charge in [0.1, 0.15) is 6.04 Å². The normalized spacial score (nSPS) is 11.4. The second-order valence-corrected chi connectivity index (χ2v) is 4.76. The molecule has 22 heavy (non-hydrogen) atoms. The summed E-state index contributed by atoms with van der Waals surface area (Å²) in [6, 6.07) is 5.43. The maximum Gasteiger partial charge on any atom is 0.337 e. The average molecular weight is 307 g/mol. The van der Waals surface area contributed by atoms with Gasteiger partial charge in [0.15, 0.2) is 0 Å². The van der Waals surface area contributed by atoms with Crippen LogP contribution in [-0.2, 0) is 14.3 Å². The molecule has 0 unspecified atom stereocenters. The largest absolute Gasteiger partial charge is 0.467 e. The molecule has 0 saturated carbocycles. The first-order chi connectivity index (χ1) is 10.5. The Labute approximate surface area is 129 Å². The van der Waals surface area contributed by atoms with Gasteiger partial charge in [-0.2, -0.15) is 0 Å². The first-order valence-electron chi connectivity index (χ1n) is 7.10. The quantitative estimate of drug-likeness (QED) is 0.778. The van der Waals surface area contributed by atoms with Crippen LogP contribution in [-0.4, -0.2) is 38.1 Å². The first kappa shape index (κ1) is 17.7. The highest BCUT2D eigenvalue weighted by molar-refractivity contribution is 5.99. The summed E-state index contributed by atoms with van der Waals surface area (Å²) in [5.41, 5.74) is 0.562. The zero-order valence-corrected chi connectivity index (χ0v) is 13.0. The third-order valence-electron chi connectivity index (χ3n) is 3.18. The fourth-order valence-corrected chi connectivity index (χ4v) is 1.95. The van der Waals surface area contributed by atoms with Crippen molar-refractivity contribution in [2.45, 2.75) is 32.2 Å². The number of carbonyl (C=O) groups excluding carboxylic acids is 3. The first-order valence-corrected chi connectivity index (χ1v) is 7.10. The molecular formula is C16H21NO5. The lowest BCUT2D eigenvalue weighted by Gasteiger charge is -2.16. The van der Waals surface area contributed by atoms with Gasteiger partial charge in [-0.15, -0.1) is 0 Å². The molecule has 0 aliphatic carbocycles. The van der Waals surface area contributed by atoms with E-state index in [0.29, 0.717) is 6.42 Å². The highest BCUT2D eigenvalue weighted by Crippen LogP contribution is 2.09. The molecule has 0 aromatic heterocycles. The van der Waals surface area contributed by atoms with Gasteiger partial charge in [0, 0.05) is 5.56 Å². The molecule has 0 spiro atoms. The molecule has 0 fully saturated rings. The lowest BCUT2D eigenvalue weighted by atomic mass is 10.1. The van der Waals surface area contributed by atoms with E-state index >= 15 is 0 Å². The predicted octanol–water partition coefficient (Wildman–Crippen LogP) is 1.93. The monoisotopic (exact) mass is 307 g/mol. The molecule has 1 aromatic rings. The van der Waals surface area contributed by atoms with E-state index in [4.69, 9.17) is 4.74 Å². The minimum Gasteiger partial charge on any atom is -0.467 e. The standard InChI is InChI=1S/C16H21NO5/c1-4-5-9-13(16(20)22-3)17-14(18)11-7-6-8-12(10-11)15(19)21-2/h6-8,10,13H,4-5,9H2,1-3H3,(H,17,18)/t13-/m1/s1. The fourth-order valence-electron chi connectivity index (χ4n) is 1.95. The second-order valence-electron chi connectivity index (χ2n) is 4.76. The Kier molecular flexibility index (Phi) is 7.08. The van der Waals surface area contributed by atoms with Crippen LogP contribution in [0.5, 0.6) is 0 Å². The number of rotatable bonds is 7. The molecule has 120 valence electrons. The Hall–Kier alpha value is -2.37. The number of benzene rings is 1. The van der Waals surface area contributed by atoms with Crippen LogP contribution in [0.2, 0.25) is 0 Å². The van der Waals surface area contributed by atoms with E-state index in [1.54, 1.807) is 18.2 Å². The number of nitrogens with one attached hydrogen (secondary N) is 1. The minimum absolute atomic E-state index is 0.276. The van der Waals surface area contributed by atoms with Crippen molar-refractivity contribution < 1.29 is 23.9 Å². The smallest absolute Gasteiger partial charge is 0.337 e. The number of unbranched alkanes of at least 4 members (excludes halogenated alkanes) is 1. The molecule has 6 nitrogen and oxygen atoms in total. The van der Waals surface area contributed by atoms with Crippen LogP contribution in [0.3, 0.4) is 0 Å². The van der Waals surface area contributed by atoms with Crippen LogP contribution in [0.15, 0.2) is 24.3 Å². The van der Waals surface area contributed by atoms with Gasteiger partial charge in [-0.3, -0.25) is 4.79 Å². The van der Waals surface area contributed by atoms with Crippen LogP contribution < -0.4 is 5.32 Å². The number of esters is 2. The summed E-state index contributed by atoms with van der Waals surface area (Å²) >= 11 is 0. The molecule has 0 heterocycles. The van der Waals surface area contributed by atoms with Crippen molar-refractivity contribution in [3.63, 3.8) is 0 Å². The van der Waals surface area contributed by atoms with Crippen LogP contribution >= 0.6 is 0 Å². The summed E-state index contributed by atoms with van der Waals surface area (Å²) in [5, 5.41) is 2.64. The fraction of sp³-hybridized carbons (Fsp3) is 0.438. The minimum atomic E-state index is -0.695. The van der Waals surface area contributed by atoms with Crippen molar-refractivity contribution in [2.75, 3.05) is 14.2 Å². The highest BCUT2D eigenvalue weighted by Gasteiger charge is 2.22. The summed E-state index contributed by atoms with van der Waals surface area (Å²) in [6.45, 7) is 2.00.